The van der Waals surface area contributed by atoms with Gasteiger partial charge in [0.1, 0.15) is 29.2 Å². The molecular weight excluding hydrogens is 369 g/mol. The smallest absolute Gasteiger partial charge is 0.187 e. The first kappa shape index (κ1) is 18.0. The molecule has 7 heteroatoms. The Labute approximate surface area is 168 Å². The average Bonchev–Trinajstić information content (AvgIpc) is 3.12. The third kappa shape index (κ3) is 3.42. The highest BCUT2D eigenvalue weighted by Gasteiger charge is 2.27. The van der Waals surface area contributed by atoms with E-state index < -0.39 is 12.3 Å². The van der Waals surface area contributed by atoms with Crippen LogP contribution in [0, 0.1) is 0 Å². The number of hydrogen-bond donors (Lipinski definition) is 0. The van der Waals surface area contributed by atoms with Crippen LogP contribution in [0.2, 0.25) is 0 Å². The van der Waals surface area contributed by atoms with Crippen LogP contribution in [0.3, 0.4) is 0 Å². The third-order valence-corrected chi connectivity index (χ3v) is 5.49. The fourth-order valence-electron chi connectivity index (χ4n) is 3.82. The predicted molar refractivity (Wildman–Crippen MR) is 110 cm³/mol. The van der Waals surface area contributed by atoms with Crippen LogP contribution in [0.25, 0.3) is 28.1 Å². The van der Waals surface area contributed by atoms with Gasteiger partial charge in [-0.3, -0.25) is 4.40 Å². The topological polar surface area (TPSA) is 55.5 Å². The lowest BCUT2D eigenvalue weighted by atomic mass is 10.1. The number of pyridine rings is 2. The minimum atomic E-state index is -0.987. The maximum absolute atomic E-state index is 14.7. The first-order valence-electron chi connectivity index (χ1n) is 9.88. The van der Waals surface area contributed by atoms with Gasteiger partial charge < -0.3 is 9.64 Å². The van der Waals surface area contributed by atoms with Gasteiger partial charge in [-0.25, -0.2) is 9.37 Å². The molecule has 4 heterocycles. The highest BCUT2D eigenvalue weighted by molar-refractivity contribution is 5.86. The molecule has 1 fully saturated rings. The van der Waals surface area contributed by atoms with E-state index >= 15 is 0 Å². The van der Waals surface area contributed by atoms with Gasteiger partial charge in [-0.15, -0.1) is 10.2 Å². The summed E-state index contributed by atoms with van der Waals surface area (Å²) < 4.78 is 22.7. The van der Waals surface area contributed by atoms with Crippen LogP contribution in [0.4, 0.5) is 4.39 Å². The minimum absolute atomic E-state index is 0.468. The molecule has 1 saturated heterocycles. The monoisotopic (exact) mass is 391 g/mol. The number of para-hydroxylation sites is 1. The summed E-state index contributed by atoms with van der Waals surface area (Å²) in [7, 11) is 2.02. The summed E-state index contributed by atoms with van der Waals surface area (Å²) in [5.41, 5.74) is 2.17. The number of benzene rings is 1. The standard InChI is InChI=1S/C22H22FN5O/c1-27-13-10-16(23)18(11-14-27)29-19-6-4-5-15-8-9-17(24-21(15)19)22-26-25-20-7-2-3-12-28(20)22/h2-9,12,16,18H,10-11,13-14H2,1H3/t16-,18-/m0/s1. The number of alkyl halides is 1. The molecule has 0 amide bonds. The zero-order valence-corrected chi connectivity index (χ0v) is 16.2. The van der Waals surface area contributed by atoms with Crippen molar-refractivity contribution < 1.29 is 9.13 Å². The number of aromatic nitrogens is 4. The van der Waals surface area contributed by atoms with Crippen LogP contribution in [-0.4, -0.2) is 56.9 Å². The highest BCUT2D eigenvalue weighted by atomic mass is 19.1. The van der Waals surface area contributed by atoms with E-state index in [-0.39, 0.29) is 0 Å². The summed E-state index contributed by atoms with van der Waals surface area (Å²) in [4.78, 5) is 6.96. The molecule has 5 rings (SSSR count). The molecule has 4 aromatic rings. The Morgan fingerprint density at radius 1 is 1.00 bits per heavy atom. The SMILES string of the molecule is CN1CC[C@H](Oc2cccc3ccc(-c4nnc5ccccn45)nc23)[C@@H](F)CC1. The summed E-state index contributed by atoms with van der Waals surface area (Å²) in [5, 5.41) is 9.45. The molecule has 1 aliphatic heterocycles. The van der Waals surface area contributed by atoms with Gasteiger partial charge in [-0.2, -0.15) is 0 Å². The maximum atomic E-state index is 14.7. The van der Waals surface area contributed by atoms with Crippen molar-refractivity contribution in [3.8, 4) is 17.3 Å². The summed E-state index contributed by atoms with van der Waals surface area (Å²) in [6.07, 6.45) is 1.59. The van der Waals surface area contributed by atoms with E-state index in [0.29, 0.717) is 35.6 Å². The highest BCUT2D eigenvalue weighted by Crippen LogP contribution is 2.30. The van der Waals surface area contributed by atoms with Crippen molar-refractivity contribution in [3.05, 3.63) is 54.7 Å². The summed E-state index contributed by atoms with van der Waals surface area (Å²) in [6, 6.07) is 15.4. The molecule has 0 aliphatic carbocycles. The number of hydrogen-bond acceptors (Lipinski definition) is 5. The number of nitrogens with zero attached hydrogens (tertiary/aromatic N) is 5. The van der Waals surface area contributed by atoms with E-state index in [4.69, 9.17) is 9.72 Å². The Hall–Kier alpha value is -3.06. The van der Waals surface area contributed by atoms with Crippen molar-refractivity contribution in [2.75, 3.05) is 20.1 Å². The maximum Gasteiger partial charge on any atom is 0.187 e. The molecule has 0 saturated carbocycles. The van der Waals surface area contributed by atoms with E-state index in [1.54, 1.807) is 0 Å². The summed E-state index contributed by atoms with van der Waals surface area (Å²) in [5.74, 6) is 1.27. The molecule has 3 aromatic heterocycles. The molecular formula is C22H22FN5O. The first-order valence-corrected chi connectivity index (χ1v) is 9.88. The molecule has 0 unspecified atom stereocenters. The number of rotatable bonds is 3. The molecule has 2 atom stereocenters. The van der Waals surface area contributed by atoms with Crippen LogP contribution < -0.4 is 4.74 Å². The van der Waals surface area contributed by atoms with Gasteiger partial charge in [0.15, 0.2) is 11.5 Å². The first-order chi connectivity index (χ1) is 14.2. The molecule has 6 nitrogen and oxygen atoms in total. The van der Waals surface area contributed by atoms with Crippen molar-refractivity contribution in [1.82, 2.24) is 24.5 Å². The quantitative estimate of drug-likeness (QED) is 0.532. The van der Waals surface area contributed by atoms with Crippen LogP contribution in [0.5, 0.6) is 5.75 Å². The number of fused-ring (bicyclic) bond motifs is 2. The van der Waals surface area contributed by atoms with Gasteiger partial charge in [-0.05, 0) is 44.2 Å². The van der Waals surface area contributed by atoms with E-state index in [1.807, 2.05) is 66.2 Å². The van der Waals surface area contributed by atoms with Crippen LogP contribution in [0.1, 0.15) is 12.8 Å². The van der Waals surface area contributed by atoms with Crippen molar-refractivity contribution in [1.29, 1.82) is 0 Å². The second-order valence-electron chi connectivity index (χ2n) is 7.53. The largest absolute Gasteiger partial charge is 0.485 e. The predicted octanol–water partition coefficient (Wildman–Crippen LogP) is 3.76. The normalized spacial score (nSPS) is 20.8. The second-order valence-corrected chi connectivity index (χ2v) is 7.53. The zero-order valence-electron chi connectivity index (χ0n) is 16.2. The van der Waals surface area contributed by atoms with Gasteiger partial charge in [-0.1, -0.05) is 24.3 Å². The lowest BCUT2D eigenvalue weighted by molar-refractivity contribution is 0.0982. The Kier molecular flexibility index (Phi) is 4.60. The van der Waals surface area contributed by atoms with Gasteiger partial charge in [0.05, 0.1) is 0 Å². The van der Waals surface area contributed by atoms with E-state index in [1.165, 1.54) is 0 Å². The fraction of sp³-hybridized carbons (Fsp3) is 0.318. The van der Waals surface area contributed by atoms with E-state index in [0.717, 1.165) is 24.1 Å². The number of halogens is 1. The van der Waals surface area contributed by atoms with Crippen LogP contribution in [0.15, 0.2) is 54.7 Å². The Morgan fingerprint density at radius 2 is 1.90 bits per heavy atom. The Bertz CT molecular complexity index is 1160. The lowest BCUT2D eigenvalue weighted by Crippen LogP contribution is -2.28. The lowest BCUT2D eigenvalue weighted by Gasteiger charge is -2.21. The summed E-state index contributed by atoms with van der Waals surface area (Å²) >= 11 is 0. The Morgan fingerprint density at radius 3 is 2.83 bits per heavy atom. The van der Waals surface area contributed by atoms with Crippen molar-refractivity contribution in [3.63, 3.8) is 0 Å². The van der Waals surface area contributed by atoms with Gasteiger partial charge in [0.2, 0.25) is 0 Å². The molecule has 0 bridgehead atoms. The Balaban J connectivity index is 1.54. The third-order valence-electron chi connectivity index (χ3n) is 5.49. The van der Waals surface area contributed by atoms with E-state index in [2.05, 4.69) is 15.1 Å². The van der Waals surface area contributed by atoms with E-state index in [9.17, 15) is 4.39 Å². The van der Waals surface area contributed by atoms with Crippen molar-refractivity contribution in [2.45, 2.75) is 25.1 Å². The van der Waals surface area contributed by atoms with Crippen molar-refractivity contribution >= 4 is 16.6 Å². The molecule has 148 valence electrons. The molecule has 1 aliphatic rings. The molecule has 0 radical (unpaired) electrons. The second kappa shape index (κ2) is 7.40. The fourth-order valence-corrected chi connectivity index (χ4v) is 3.82. The van der Waals surface area contributed by atoms with Crippen LogP contribution in [-0.2, 0) is 0 Å². The average molecular weight is 391 g/mol. The molecule has 0 N–H and O–H groups in total. The number of likely N-dealkylation sites (tertiary alicyclic amines) is 1. The minimum Gasteiger partial charge on any atom is -0.485 e. The van der Waals surface area contributed by atoms with Gasteiger partial charge in [0, 0.05) is 24.7 Å². The van der Waals surface area contributed by atoms with Crippen LogP contribution >= 0.6 is 0 Å². The summed E-state index contributed by atoms with van der Waals surface area (Å²) in [6.45, 7) is 1.57. The number of ether oxygens (including phenoxy) is 1. The molecule has 29 heavy (non-hydrogen) atoms. The van der Waals surface area contributed by atoms with Gasteiger partial charge in [0.25, 0.3) is 0 Å². The van der Waals surface area contributed by atoms with Gasteiger partial charge >= 0.3 is 0 Å². The van der Waals surface area contributed by atoms with Crippen molar-refractivity contribution in [2.24, 2.45) is 0 Å². The molecule has 1 aromatic carbocycles. The molecule has 0 spiro atoms. The zero-order chi connectivity index (χ0) is 19.8.